The van der Waals surface area contributed by atoms with Crippen LogP contribution in [0.1, 0.15) is 0 Å². The van der Waals surface area contributed by atoms with Crippen molar-refractivity contribution >= 4 is 11.4 Å². The Morgan fingerprint density at radius 1 is 1.23 bits per heavy atom. The van der Waals surface area contributed by atoms with Crippen molar-refractivity contribution in [1.82, 2.24) is 5.43 Å². The van der Waals surface area contributed by atoms with E-state index in [0.29, 0.717) is 5.12 Å². The minimum Gasteiger partial charge on any atom is -0.443 e. The molecule has 0 bridgehead atoms. The standard InChI is InChI=1S/C9H16N4/c1-11-13(10)9-6-4-8(5-7-9)12(2)3/h4-7,10-11,13H,1-3H3. The molecule has 0 fully saturated rings. The highest BCUT2D eigenvalue weighted by Crippen LogP contribution is 2.12. The van der Waals surface area contributed by atoms with Crippen LogP contribution in [0, 0.1) is 0 Å². The Labute approximate surface area is 78.9 Å². The zero-order valence-corrected chi connectivity index (χ0v) is 8.26. The van der Waals surface area contributed by atoms with Crippen LogP contribution in [0.3, 0.4) is 0 Å². The number of nitrogens with one attached hydrogen (secondary N) is 3. The summed E-state index contributed by atoms with van der Waals surface area (Å²) >= 11 is 0. The molecule has 4 nitrogen and oxygen atoms in total. The lowest BCUT2D eigenvalue weighted by Crippen LogP contribution is -3.07. The molecule has 13 heavy (non-hydrogen) atoms. The number of nitrogens with zero attached hydrogens (tertiary/aromatic N) is 1. The second kappa shape index (κ2) is 4.23. The second-order valence-electron chi connectivity index (χ2n) is 3.07. The van der Waals surface area contributed by atoms with E-state index in [0.717, 1.165) is 11.4 Å². The number of benzene rings is 1. The van der Waals surface area contributed by atoms with E-state index in [2.05, 4.69) is 5.43 Å². The molecule has 1 aromatic carbocycles. The van der Waals surface area contributed by atoms with Gasteiger partial charge in [0.1, 0.15) is 5.69 Å². The number of quaternary nitrogens is 1. The van der Waals surface area contributed by atoms with Crippen LogP contribution in [0.4, 0.5) is 11.4 Å². The molecule has 0 aliphatic rings. The van der Waals surface area contributed by atoms with Gasteiger partial charge in [-0.15, -0.1) is 0 Å². The summed E-state index contributed by atoms with van der Waals surface area (Å²) in [5, 5.41) is 0.449. The number of hydrogen-bond donors (Lipinski definition) is 2. The lowest BCUT2D eigenvalue weighted by molar-refractivity contribution is -0.825. The summed E-state index contributed by atoms with van der Waals surface area (Å²) in [5.74, 6) is 7.53. The normalized spacial score (nSPS) is 12.6. The Morgan fingerprint density at radius 3 is 2.15 bits per heavy atom. The smallest absolute Gasteiger partial charge is 0.140 e. The van der Waals surface area contributed by atoms with Crippen molar-refractivity contribution < 1.29 is 5.12 Å². The van der Waals surface area contributed by atoms with Gasteiger partial charge in [-0.25, -0.2) is 0 Å². The first kappa shape index (κ1) is 9.98. The fraction of sp³-hybridized carbons (Fsp3) is 0.333. The highest BCUT2D eigenvalue weighted by Gasteiger charge is 2.00. The second-order valence-corrected chi connectivity index (χ2v) is 3.07. The summed E-state index contributed by atoms with van der Waals surface area (Å²) in [6.07, 6.45) is 0. The van der Waals surface area contributed by atoms with Crippen LogP contribution in [-0.2, 0) is 0 Å². The topological polar surface area (TPSA) is 43.5 Å². The molecule has 0 aromatic heterocycles. The average molecular weight is 180 g/mol. The molecule has 1 aromatic rings. The van der Waals surface area contributed by atoms with Gasteiger partial charge in [-0.05, 0) is 12.1 Å². The van der Waals surface area contributed by atoms with E-state index < -0.39 is 0 Å². The highest BCUT2D eigenvalue weighted by molar-refractivity contribution is 5.49. The molecular weight excluding hydrogens is 164 g/mol. The van der Waals surface area contributed by atoms with Gasteiger partial charge in [-0.1, -0.05) is 0 Å². The van der Waals surface area contributed by atoms with Gasteiger partial charge in [0, 0.05) is 39.0 Å². The van der Waals surface area contributed by atoms with Crippen molar-refractivity contribution in [2.24, 2.45) is 0 Å². The minimum atomic E-state index is 0.449. The van der Waals surface area contributed by atoms with Crippen LogP contribution in [0.15, 0.2) is 24.3 Å². The van der Waals surface area contributed by atoms with Crippen molar-refractivity contribution in [3.63, 3.8) is 0 Å². The Balaban J connectivity index is 2.81. The Bertz CT molecular complexity index is 255. The number of rotatable bonds is 3. The third-order valence-corrected chi connectivity index (χ3v) is 1.92. The molecule has 0 heterocycles. The highest BCUT2D eigenvalue weighted by atomic mass is 15.7. The maximum absolute atomic E-state index is 7.53. The first-order chi connectivity index (χ1) is 6.15. The molecule has 3 N–H and O–H groups in total. The molecule has 0 aliphatic heterocycles. The molecule has 0 spiro atoms. The predicted octanol–water partition coefficient (Wildman–Crippen LogP) is 0.371. The lowest BCUT2D eigenvalue weighted by Gasteiger charge is -2.19. The summed E-state index contributed by atoms with van der Waals surface area (Å²) < 4.78 is 0. The Morgan fingerprint density at radius 2 is 1.77 bits per heavy atom. The SMILES string of the molecule is CN[NH+]([NH-])c1ccc(N(C)C)cc1. The van der Waals surface area contributed by atoms with E-state index in [4.69, 9.17) is 5.84 Å². The first-order valence-corrected chi connectivity index (χ1v) is 4.19. The molecule has 1 unspecified atom stereocenters. The van der Waals surface area contributed by atoms with Gasteiger partial charge in [0.15, 0.2) is 0 Å². The Kier molecular flexibility index (Phi) is 3.25. The largest absolute Gasteiger partial charge is 0.443 e. The predicted molar refractivity (Wildman–Crippen MR) is 54.8 cm³/mol. The van der Waals surface area contributed by atoms with Crippen LogP contribution in [0.5, 0.6) is 0 Å². The zero-order chi connectivity index (χ0) is 9.84. The summed E-state index contributed by atoms with van der Waals surface area (Å²) in [5.41, 5.74) is 4.86. The van der Waals surface area contributed by atoms with Crippen LogP contribution in [0.2, 0.25) is 0 Å². The van der Waals surface area contributed by atoms with Gasteiger partial charge < -0.3 is 10.7 Å². The van der Waals surface area contributed by atoms with Gasteiger partial charge in [0.2, 0.25) is 0 Å². The van der Waals surface area contributed by atoms with Crippen molar-refractivity contribution in [2.75, 3.05) is 26.0 Å². The maximum atomic E-state index is 7.53. The van der Waals surface area contributed by atoms with Gasteiger partial charge in [0.25, 0.3) is 0 Å². The summed E-state index contributed by atoms with van der Waals surface area (Å²) in [6.45, 7) is 0. The van der Waals surface area contributed by atoms with Gasteiger partial charge in [-0.2, -0.15) is 5.43 Å². The van der Waals surface area contributed by atoms with Crippen LogP contribution < -0.4 is 15.4 Å². The van der Waals surface area contributed by atoms with Crippen molar-refractivity contribution in [2.45, 2.75) is 0 Å². The third-order valence-electron chi connectivity index (χ3n) is 1.92. The molecule has 1 atom stereocenters. The van der Waals surface area contributed by atoms with Crippen LogP contribution in [-0.4, -0.2) is 21.1 Å². The fourth-order valence-electron chi connectivity index (χ4n) is 1.07. The summed E-state index contributed by atoms with van der Waals surface area (Å²) in [7, 11) is 5.75. The third kappa shape index (κ3) is 2.42. The quantitative estimate of drug-likeness (QED) is 0.660. The van der Waals surface area contributed by atoms with Crippen molar-refractivity contribution in [1.29, 1.82) is 0 Å². The fourth-order valence-corrected chi connectivity index (χ4v) is 1.07. The van der Waals surface area contributed by atoms with Gasteiger partial charge in [-0.3, -0.25) is 5.12 Å². The average Bonchev–Trinajstić information content (AvgIpc) is 2.17. The molecular formula is C9H16N4. The molecule has 0 saturated heterocycles. The van der Waals surface area contributed by atoms with Crippen molar-refractivity contribution in [3.05, 3.63) is 30.1 Å². The molecule has 4 heteroatoms. The van der Waals surface area contributed by atoms with Gasteiger partial charge in [0.05, 0.1) is 0 Å². The van der Waals surface area contributed by atoms with E-state index in [1.807, 2.05) is 43.3 Å². The molecule has 0 radical (unpaired) electrons. The lowest BCUT2D eigenvalue weighted by atomic mass is 10.3. The number of anilines is 1. The van der Waals surface area contributed by atoms with Crippen LogP contribution in [0.25, 0.3) is 5.84 Å². The summed E-state index contributed by atoms with van der Waals surface area (Å²) in [4.78, 5) is 2.03. The van der Waals surface area contributed by atoms with Crippen molar-refractivity contribution in [3.8, 4) is 0 Å². The molecule has 0 aliphatic carbocycles. The molecule has 1 rings (SSSR count). The molecule has 0 amide bonds. The number of hydrogen-bond acceptors (Lipinski definition) is 2. The van der Waals surface area contributed by atoms with E-state index in [1.165, 1.54) is 0 Å². The minimum absolute atomic E-state index is 0.449. The van der Waals surface area contributed by atoms with E-state index in [-0.39, 0.29) is 0 Å². The maximum Gasteiger partial charge on any atom is 0.140 e. The van der Waals surface area contributed by atoms with Gasteiger partial charge >= 0.3 is 0 Å². The molecule has 0 saturated carbocycles. The van der Waals surface area contributed by atoms with E-state index in [1.54, 1.807) is 7.05 Å². The summed E-state index contributed by atoms with van der Waals surface area (Å²) in [6, 6.07) is 7.88. The first-order valence-electron chi connectivity index (χ1n) is 4.19. The van der Waals surface area contributed by atoms with E-state index in [9.17, 15) is 0 Å². The molecule has 72 valence electrons. The van der Waals surface area contributed by atoms with Crippen LogP contribution >= 0.6 is 0 Å². The zero-order valence-electron chi connectivity index (χ0n) is 8.26. The monoisotopic (exact) mass is 180 g/mol. The van der Waals surface area contributed by atoms with E-state index >= 15 is 0 Å². The Hall–Kier alpha value is -1.10.